The molecule has 35 heavy (non-hydrogen) atoms. The number of nitrogens with zero attached hydrogens (tertiary/aromatic N) is 2. The molecule has 0 aliphatic carbocycles. The number of carboxylic acids is 1. The van der Waals surface area contributed by atoms with E-state index in [1.165, 1.54) is 5.56 Å². The standard InChI is InChI=1S/C22H24N2O3S.C2HF3O2/c25-21(10-16-5-6-20-17(9-16)3-2-8-26-20)24-14-22(15-24)11-19(13-28-22)27-18-4-1-7-23-12-18;3-2(4,5)1(6)7/h1,4-7,9,12,19H,2-3,8,10-11,13-15H2;(H,6,7). The third-order valence-corrected chi connectivity index (χ3v) is 7.57. The van der Waals surface area contributed by atoms with Crippen molar-refractivity contribution < 1.29 is 37.3 Å². The zero-order chi connectivity index (χ0) is 25.1. The number of alkyl halides is 3. The van der Waals surface area contributed by atoms with Crippen LogP contribution in [0.2, 0.25) is 0 Å². The molecule has 2 saturated heterocycles. The van der Waals surface area contributed by atoms with Crippen LogP contribution < -0.4 is 9.47 Å². The Morgan fingerprint density at radius 2 is 2.06 bits per heavy atom. The van der Waals surface area contributed by atoms with E-state index < -0.39 is 12.1 Å². The number of thioether (sulfide) groups is 1. The number of aliphatic carboxylic acids is 1. The molecule has 1 N–H and O–H groups in total. The van der Waals surface area contributed by atoms with Crippen molar-refractivity contribution in [3.8, 4) is 11.5 Å². The summed E-state index contributed by atoms with van der Waals surface area (Å²) >= 11 is 1.95. The third kappa shape index (κ3) is 6.39. The van der Waals surface area contributed by atoms with E-state index in [0.29, 0.717) is 6.42 Å². The van der Waals surface area contributed by atoms with Gasteiger partial charge in [0.25, 0.3) is 0 Å². The van der Waals surface area contributed by atoms with Crippen LogP contribution in [0.5, 0.6) is 11.5 Å². The number of likely N-dealkylation sites (tertiary alicyclic amines) is 1. The van der Waals surface area contributed by atoms with Gasteiger partial charge in [0, 0.05) is 31.5 Å². The van der Waals surface area contributed by atoms with Crippen molar-refractivity contribution in [2.75, 3.05) is 25.4 Å². The minimum absolute atomic E-state index is 0.173. The van der Waals surface area contributed by atoms with Crippen molar-refractivity contribution >= 4 is 23.6 Å². The fraction of sp³-hybridized carbons (Fsp3) is 0.458. The van der Waals surface area contributed by atoms with Gasteiger partial charge in [-0.15, -0.1) is 11.8 Å². The fourth-order valence-electron chi connectivity index (χ4n) is 4.34. The second kappa shape index (κ2) is 10.3. The number of aryl methyl sites for hydroxylation is 1. The van der Waals surface area contributed by atoms with Gasteiger partial charge in [-0.1, -0.05) is 12.1 Å². The summed E-state index contributed by atoms with van der Waals surface area (Å²) in [5.74, 6) is 0.245. The van der Waals surface area contributed by atoms with Gasteiger partial charge in [0.05, 0.1) is 24.0 Å². The zero-order valence-electron chi connectivity index (χ0n) is 18.8. The minimum atomic E-state index is -5.08. The lowest BCUT2D eigenvalue weighted by Crippen LogP contribution is -2.61. The van der Waals surface area contributed by atoms with Gasteiger partial charge in [-0.2, -0.15) is 13.2 Å². The lowest BCUT2D eigenvalue weighted by atomic mass is 9.92. The van der Waals surface area contributed by atoms with Crippen LogP contribution in [0.3, 0.4) is 0 Å². The molecule has 2 fully saturated rings. The number of fused-ring (bicyclic) bond motifs is 1. The highest BCUT2D eigenvalue weighted by molar-refractivity contribution is 8.01. The van der Waals surface area contributed by atoms with E-state index in [2.05, 4.69) is 11.1 Å². The van der Waals surface area contributed by atoms with Gasteiger partial charge < -0.3 is 19.5 Å². The van der Waals surface area contributed by atoms with Crippen molar-refractivity contribution in [2.24, 2.45) is 0 Å². The molecular weight excluding hydrogens is 485 g/mol. The number of pyridine rings is 1. The summed E-state index contributed by atoms with van der Waals surface area (Å²) in [5, 5.41) is 7.12. The number of carbonyl (C=O) groups excluding carboxylic acids is 1. The number of hydrogen-bond acceptors (Lipinski definition) is 6. The highest BCUT2D eigenvalue weighted by Gasteiger charge is 2.51. The number of benzene rings is 1. The van der Waals surface area contributed by atoms with Gasteiger partial charge in [0.2, 0.25) is 5.91 Å². The third-order valence-electron chi connectivity index (χ3n) is 5.99. The molecular formula is C24H25F3N2O5S. The summed E-state index contributed by atoms with van der Waals surface area (Å²) in [6.07, 6.45) is 2.19. The van der Waals surface area contributed by atoms with E-state index in [1.54, 1.807) is 12.4 Å². The number of carboxylic acid groups (broad SMARTS) is 1. The van der Waals surface area contributed by atoms with Crippen LogP contribution in [0, 0.1) is 0 Å². The zero-order valence-corrected chi connectivity index (χ0v) is 19.6. The number of halogens is 3. The van der Waals surface area contributed by atoms with E-state index in [9.17, 15) is 18.0 Å². The van der Waals surface area contributed by atoms with E-state index in [-0.39, 0.29) is 16.8 Å². The highest BCUT2D eigenvalue weighted by atomic mass is 32.2. The second-order valence-corrected chi connectivity index (χ2v) is 10.2. The van der Waals surface area contributed by atoms with Crippen molar-refractivity contribution in [1.29, 1.82) is 0 Å². The van der Waals surface area contributed by atoms with Gasteiger partial charge in [0.1, 0.15) is 17.6 Å². The lowest BCUT2D eigenvalue weighted by molar-refractivity contribution is -0.192. The maximum absolute atomic E-state index is 12.7. The normalized spacial score (nSPS) is 20.1. The van der Waals surface area contributed by atoms with Crippen LogP contribution in [-0.4, -0.2) is 69.3 Å². The Hall–Kier alpha value is -2.95. The first kappa shape index (κ1) is 25.2. The Bertz CT molecular complexity index is 1060. The van der Waals surface area contributed by atoms with Crippen LogP contribution in [-0.2, 0) is 22.4 Å². The molecule has 1 amide bonds. The van der Waals surface area contributed by atoms with Crippen LogP contribution in [0.25, 0.3) is 0 Å². The van der Waals surface area contributed by atoms with Crippen molar-refractivity contribution in [3.63, 3.8) is 0 Å². The van der Waals surface area contributed by atoms with Crippen LogP contribution in [0.1, 0.15) is 24.0 Å². The van der Waals surface area contributed by atoms with Crippen LogP contribution in [0.4, 0.5) is 13.2 Å². The second-order valence-electron chi connectivity index (χ2n) is 8.75. The minimum Gasteiger partial charge on any atom is -0.493 e. The number of rotatable bonds is 4. The maximum Gasteiger partial charge on any atom is 0.490 e. The molecule has 1 spiro atoms. The van der Waals surface area contributed by atoms with E-state index >= 15 is 0 Å². The average molecular weight is 511 g/mol. The Balaban J connectivity index is 0.000000364. The van der Waals surface area contributed by atoms with Crippen LogP contribution in [0.15, 0.2) is 42.7 Å². The Kier molecular flexibility index (Phi) is 7.44. The predicted octanol–water partition coefficient (Wildman–Crippen LogP) is 3.75. The summed E-state index contributed by atoms with van der Waals surface area (Å²) in [6.45, 7) is 2.46. The van der Waals surface area contributed by atoms with Gasteiger partial charge in [0.15, 0.2) is 0 Å². The topological polar surface area (TPSA) is 89.0 Å². The molecule has 0 saturated carbocycles. The molecule has 7 nitrogen and oxygen atoms in total. The molecule has 1 unspecified atom stereocenters. The van der Waals surface area contributed by atoms with E-state index in [4.69, 9.17) is 19.4 Å². The molecule has 0 bridgehead atoms. The molecule has 2 aromatic rings. The molecule has 1 aromatic heterocycles. The molecule has 188 valence electrons. The number of carbonyl (C=O) groups is 2. The van der Waals surface area contributed by atoms with Gasteiger partial charge >= 0.3 is 12.1 Å². The van der Waals surface area contributed by atoms with E-state index in [1.807, 2.05) is 40.9 Å². The van der Waals surface area contributed by atoms with Crippen molar-refractivity contribution in [3.05, 3.63) is 53.9 Å². The summed E-state index contributed by atoms with van der Waals surface area (Å²) in [6, 6.07) is 10.0. The molecule has 3 aliphatic heterocycles. The quantitative estimate of drug-likeness (QED) is 0.670. The van der Waals surface area contributed by atoms with Crippen molar-refractivity contribution in [1.82, 2.24) is 9.88 Å². The Labute approximate surface area is 204 Å². The fourth-order valence-corrected chi connectivity index (χ4v) is 5.87. The van der Waals surface area contributed by atoms with E-state index in [0.717, 1.165) is 61.8 Å². The lowest BCUT2D eigenvalue weighted by Gasteiger charge is -2.47. The largest absolute Gasteiger partial charge is 0.493 e. The highest BCUT2D eigenvalue weighted by Crippen LogP contribution is 2.46. The molecule has 0 radical (unpaired) electrons. The molecule has 1 atom stereocenters. The summed E-state index contributed by atoms with van der Waals surface area (Å²) in [4.78, 5) is 27.7. The van der Waals surface area contributed by atoms with Gasteiger partial charge in [-0.3, -0.25) is 9.78 Å². The van der Waals surface area contributed by atoms with Gasteiger partial charge in [-0.05, 0) is 42.2 Å². The van der Waals surface area contributed by atoms with Crippen molar-refractivity contribution in [2.45, 2.75) is 42.7 Å². The molecule has 5 rings (SSSR count). The molecule has 4 heterocycles. The number of hydrogen-bond donors (Lipinski definition) is 1. The average Bonchev–Trinajstić information content (AvgIpc) is 3.23. The predicted molar refractivity (Wildman–Crippen MR) is 123 cm³/mol. The summed E-state index contributed by atoms with van der Waals surface area (Å²) in [5.41, 5.74) is 2.32. The first-order valence-corrected chi connectivity index (χ1v) is 12.2. The summed E-state index contributed by atoms with van der Waals surface area (Å²) < 4.78 is 43.6. The molecule has 1 aromatic carbocycles. The monoisotopic (exact) mass is 510 g/mol. The Morgan fingerprint density at radius 1 is 1.29 bits per heavy atom. The number of aromatic nitrogens is 1. The SMILES string of the molecule is O=C(Cc1ccc2c(c1)CCCO2)N1CC2(CC(Oc3cccnc3)CS2)C1.O=C(O)C(F)(F)F. The number of ether oxygens (including phenoxy) is 2. The maximum atomic E-state index is 12.7. The van der Waals surface area contributed by atoms with Gasteiger partial charge in [-0.25, -0.2) is 4.79 Å². The molecule has 11 heteroatoms. The summed E-state index contributed by atoms with van der Waals surface area (Å²) in [7, 11) is 0. The number of amides is 1. The molecule has 3 aliphatic rings. The first-order chi connectivity index (χ1) is 16.6. The smallest absolute Gasteiger partial charge is 0.490 e. The van der Waals surface area contributed by atoms with Crippen LogP contribution >= 0.6 is 11.8 Å². The Morgan fingerprint density at radius 3 is 2.74 bits per heavy atom. The first-order valence-electron chi connectivity index (χ1n) is 11.2.